The zero-order valence-corrected chi connectivity index (χ0v) is 17.9. The number of carboxylic acids is 1. The number of rotatable bonds is 7. The summed E-state index contributed by atoms with van der Waals surface area (Å²) in [7, 11) is 1.62. The largest absolute Gasteiger partial charge is 0.497 e. The van der Waals surface area contributed by atoms with Gasteiger partial charge in [0.15, 0.2) is 5.82 Å². The summed E-state index contributed by atoms with van der Waals surface area (Å²) in [5.41, 5.74) is 2.05. The Balaban J connectivity index is 1.45. The number of hydrogen-bond donors (Lipinski definition) is 2. The van der Waals surface area contributed by atoms with E-state index in [4.69, 9.17) is 16.3 Å². The zero-order valence-electron chi connectivity index (χ0n) is 17.2. The van der Waals surface area contributed by atoms with Gasteiger partial charge in [0.2, 0.25) is 5.69 Å². The molecule has 0 saturated carbocycles. The number of piperidine rings is 1. The highest BCUT2D eigenvalue weighted by atomic mass is 35.5. The Morgan fingerprint density at radius 1 is 1.16 bits per heavy atom. The Bertz CT molecular complexity index is 1030. The predicted molar refractivity (Wildman–Crippen MR) is 119 cm³/mol. The van der Waals surface area contributed by atoms with Gasteiger partial charge >= 0.3 is 5.97 Å². The molecule has 9 heteroatoms. The van der Waals surface area contributed by atoms with E-state index in [1.54, 1.807) is 11.8 Å². The van der Waals surface area contributed by atoms with Crippen LogP contribution in [0, 0.1) is 0 Å². The minimum atomic E-state index is -1.10. The summed E-state index contributed by atoms with van der Waals surface area (Å²) in [6.45, 7) is 2.14. The van der Waals surface area contributed by atoms with Gasteiger partial charge in [-0.3, -0.25) is 0 Å². The molecule has 2 aromatic carbocycles. The average Bonchev–Trinajstić information content (AvgIpc) is 3.18. The van der Waals surface area contributed by atoms with Crippen molar-refractivity contribution in [2.75, 3.05) is 30.4 Å². The lowest BCUT2D eigenvalue weighted by Crippen LogP contribution is -2.39. The Morgan fingerprint density at radius 2 is 1.84 bits per heavy atom. The summed E-state index contributed by atoms with van der Waals surface area (Å²) >= 11 is 5.98. The van der Waals surface area contributed by atoms with Crippen LogP contribution in [0.3, 0.4) is 0 Å². The van der Waals surface area contributed by atoms with Crippen LogP contribution >= 0.6 is 11.6 Å². The molecule has 1 aliphatic rings. The van der Waals surface area contributed by atoms with E-state index < -0.39 is 5.97 Å². The van der Waals surface area contributed by atoms with E-state index in [1.165, 1.54) is 0 Å². The van der Waals surface area contributed by atoms with E-state index in [2.05, 4.69) is 20.5 Å². The number of benzene rings is 2. The second-order valence-corrected chi connectivity index (χ2v) is 7.92. The van der Waals surface area contributed by atoms with Gasteiger partial charge in [0.25, 0.3) is 0 Å². The summed E-state index contributed by atoms with van der Waals surface area (Å²) in [4.78, 5) is 14.0. The van der Waals surface area contributed by atoms with Gasteiger partial charge in [0, 0.05) is 29.8 Å². The molecule has 0 unspecified atom stereocenters. The highest BCUT2D eigenvalue weighted by molar-refractivity contribution is 6.30. The van der Waals surface area contributed by atoms with Crippen molar-refractivity contribution in [3.8, 4) is 5.75 Å². The van der Waals surface area contributed by atoms with Crippen molar-refractivity contribution in [2.45, 2.75) is 25.4 Å². The fourth-order valence-electron chi connectivity index (χ4n) is 3.74. The number of nitrogens with zero attached hydrogens (tertiary/aromatic N) is 4. The van der Waals surface area contributed by atoms with Crippen molar-refractivity contribution in [3.05, 3.63) is 64.8 Å². The topological polar surface area (TPSA) is 92.5 Å². The molecule has 0 spiro atoms. The molecule has 0 bridgehead atoms. The van der Waals surface area contributed by atoms with Crippen molar-refractivity contribution >= 4 is 29.1 Å². The molecule has 3 aromatic rings. The first kappa shape index (κ1) is 21.0. The molecule has 0 amide bonds. The van der Waals surface area contributed by atoms with Crippen molar-refractivity contribution in [3.63, 3.8) is 0 Å². The first-order chi connectivity index (χ1) is 15.0. The number of ether oxygens (including phenoxy) is 1. The number of nitrogens with one attached hydrogen (secondary N) is 1. The first-order valence-electron chi connectivity index (χ1n) is 10.1. The number of carbonyl (C=O) groups is 1. The summed E-state index contributed by atoms with van der Waals surface area (Å²) in [6, 6.07) is 15.5. The molecule has 31 heavy (non-hydrogen) atoms. The number of carboxylic acid groups (broad SMARTS) is 1. The highest BCUT2D eigenvalue weighted by Gasteiger charge is 2.25. The maximum atomic E-state index is 11.7. The van der Waals surface area contributed by atoms with Gasteiger partial charge in [-0.2, -0.15) is 0 Å². The molecule has 162 valence electrons. The van der Waals surface area contributed by atoms with Crippen LogP contribution in [0.1, 0.15) is 28.9 Å². The van der Waals surface area contributed by atoms with Gasteiger partial charge in [-0.05, 0) is 54.8 Å². The lowest BCUT2D eigenvalue weighted by atomic mass is 10.0. The van der Waals surface area contributed by atoms with E-state index >= 15 is 0 Å². The number of aromatic nitrogens is 3. The maximum Gasteiger partial charge on any atom is 0.360 e. The molecule has 8 nitrogen and oxygen atoms in total. The van der Waals surface area contributed by atoms with Crippen LogP contribution in [0.25, 0.3) is 0 Å². The van der Waals surface area contributed by atoms with E-state index in [0.29, 0.717) is 12.4 Å². The van der Waals surface area contributed by atoms with Crippen LogP contribution in [0.2, 0.25) is 5.02 Å². The Labute approximate surface area is 185 Å². The molecule has 0 radical (unpaired) electrons. The normalized spacial score (nSPS) is 14.5. The van der Waals surface area contributed by atoms with Crippen LogP contribution < -0.4 is 15.0 Å². The third-order valence-corrected chi connectivity index (χ3v) is 5.71. The maximum absolute atomic E-state index is 11.7. The average molecular weight is 442 g/mol. The van der Waals surface area contributed by atoms with Crippen molar-refractivity contribution in [2.24, 2.45) is 0 Å². The van der Waals surface area contributed by atoms with Gasteiger partial charge < -0.3 is 20.1 Å². The molecule has 1 fully saturated rings. The number of methoxy groups -OCH3 is 1. The Kier molecular flexibility index (Phi) is 6.27. The summed E-state index contributed by atoms with van der Waals surface area (Å²) in [6.07, 6.45) is 1.74. The Hall–Kier alpha value is -3.26. The van der Waals surface area contributed by atoms with Gasteiger partial charge in [0.05, 0.1) is 13.7 Å². The Morgan fingerprint density at radius 3 is 2.45 bits per heavy atom. The molecule has 2 N–H and O–H groups in total. The van der Waals surface area contributed by atoms with Crippen LogP contribution in [-0.4, -0.2) is 52.3 Å². The molecule has 0 atom stereocenters. The van der Waals surface area contributed by atoms with Gasteiger partial charge in [0.1, 0.15) is 5.75 Å². The van der Waals surface area contributed by atoms with Crippen molar-refractivity contribution in [1.29, 1.82) is 0 Å². The summed E-state index contributed by atoms with van der Waals surface area (Å²) < 4.78 is 6.80. The quantitative estimate of drug-likeness (QED) is 0.576. The fraction of sp³-hybridized carbons (Fsp3) is 0.318. The molecular weight excluding hydrogens is 418 g/mol. The molecule has 1 aromatic heterocycles. The number of halogens is 1. The van der Waals surface area contributed by atoms with Gasteiger partial charge in [-0.1, -0.05) is 28.9 Å². The second-order valence-electron chi connectivity index (χ2n) is 7.48. The van der Waals surface area contributed by atoms with E-state index in [1.807, 2.05) is 48.5 Å². The van der Waals surface area contributed by atoms with E-state index in [-0.39, 0.29) is 11.7 Å². The minimum absolute atomic E-state index is 0.0614. The van der Waals surface area contributed by atoms with Crippen LogP contribution in [0.15, 0.2) is 48.5 Å². The van der Waals surface area contributed by atoms with Crippen LogP contribution in [0.4, 0.5) is 11.5 Å². The summed E-state index contributed by atoms with van der Waals surface area (Å²) in [5, 5.41) is 21.6. The molecule has 2 heterocycles. The van der Waals surface area contributed by atoms with Gasteiger partial charge in [-0.25, -0.2) is 9.48 Å². The predicted octanol–water partition coefficient (Wildman–Crippen LogP) is 3.77. The second kappa shape index (κ2) is 9.26. The molecule has 1 aliphatic heterocycles. The molecule has 4 rings (SSSR count). The van der Waals surface area contributed by atoms with Crippen LogP contribution in [-0.2, 0) is 6.54 Å². The third kappa shape index (κ3) is 4.91. The van der Waals surface area contributed by atoms with Crippen LogP contribution in [0.5, 0.6) is 5.75 Å². The number of hydrogen-bond acceptors (Lipinski definition) is 6. The molecule has 1 saturated heterocycles. The number of anilines is 2. The monoisotopic (exact) mass is 441 g/mol. The third-order valence-electron chi connectivity index (χ3n) is 5.46. The lowest BCUT2D eigenvalue weighted by molar-refractivity contribution is 0.0691. The first-order valence-corrected chi connectivity index (χ1v) is 10.5. The smallest absolute Gasteiger partial charge is 0.360 e. The SMILES string of the molecule is COc1ccc(Cn2nnc(C(=O)O)c2NC2CCN(c3ccc(Cl)cc3)CC2)cc1. The minimum Gasteiger partial charge on any atom is -0.497 e. The molecule has 0 aliphatic carbocycles. The fourth-order valence-corrected chi connectivity index (χ4v) is 3.87. The van der Waals surface area contributed by atoms with Gasteiger partial charge in [-0.15, -0.1) is 5.10 Å². The zero-order chi connectivity index (χ0) is 21.8. The highest BCUT2D eigenvalue weighted by Crippen LogP contribution is 2.25. The lowest BCUT2D eigenvalue weighted by Gasteiger charge is -2.34. The van der Waals surface area contributed by atoms with Crippen molar-refractivity contribution in [1.82, 2.24) is 15.0 Å². The number of aromatic carboxylic acids is 1. The van der Waals surface area contributed by atoms with Crippen molar-refractivity contribution < 1.29 is 14.6 Å². The molecular formula is C22H24ClN5O3. The van der Waals surface area contributed by atoms with E-state index in [0.717, 1.165) is 48.0 Å². The summed E-state index contributed by atoms with van der Waals surface area (Å²) in [5.74, 6) is 0.106. The standard InChI is InChI=1S/C22H24ClN5O3/c1-31-19-8-2-15(3-9-19)14-28-21(20(22(29)30)25-26-28)24-17-10-12-27(13-11-17)18-6-4-16(23)5-7-18/h2-9,17,24H,10-14H2,1H3,(H,29,30). The van der Waals surface area contributed by atoms with E-state index in [9.17, 15) is 9.90 Å².